The van der Waals surface area contributed by atoms with Gasteiger partial charge in [0.15, 0.2) is 0 Å². The number of hydrogen-bond donors (Lipinski definition) is 0. The van der Waals surface area contributed by atoms with Crippen LogP contribution >= 0.6 is 0 Å². The largest absolute Gasteiger partial charge is 0.497 e. The molecule has 4 rings (SSSR count). The van der Waals surface area contributed by atoms with Gasteiger partial charge in [-0.25, -0.2) is 4.79 Å². The van der Waals surface area contributed by atoms with Gasteiger partial charge in [-0.05, 0) is 64.9 Å². The molecular weight excluding hydrogens is 362 g/mol. The molecule has 0 N–H and O–H groups in total. The molecule has 0 saturated carbocycles. The molecule has 4 heteroatoms. The van der Waals surface area contributed by atoms with Crippen LogP contribution < -0.4 is 4.74 Å². The Morgan fingerprint density at radius 1 is 0.862 bits per heavy atom. The van der Waals surface area contributed by atoms with Gasteiger partial charge in [0, 0.05) is 18.3 Å². The van der Waals surface area contributed by atoms with Crippen LogP contribution in [0.1, 0.15) is 27.0 Å². The molecule has 0 aliphatic heterocycles. The number of fused-ring (bicyclic) bond motifs is 1. The zero-order chi connectivity index (χ0) is 20.2. The molecule has 146 valence electrons. The summed E-state index contributed by atoms with van der Waals surface area (Å²) in [6.07, 6.45) is 2.88. The van der Waals surface area contributed by atoms with Gasteiger partial charge in [0.05, 0.1) is 19.8 Å². The van der Waals surface area contributed by atoms with Gasteiger partial charge in [-0.15, -0.1) is 0 Å². The molecule has 0 spiro atoms. The Morgan fingerprint density at radius 2 is 1.62 bits per heavy atom. The highest BCUT2D eigenvalue weighted by Crippen LogP contribution is 2.22. The molecule has 0 bridgehead atoms. The fourth-order valence-electron chi connectivity index (χ4n) is 3.57. The Kier molecular flexibility index (Phi) is 5.34. The van der Waals surface area contributed by atoms with E-state index >= 15 is 0 Å². The summed E-state index contributed by atoms with van der Waals surface area (Å²) < 4.78 is 12.3. The van der Waals surface area contributed by atoms with Gasteiger partial charge >= 0.3 is 5.97 Å². The first-order chi connectivity index (χ1) is 14.2. The van der Waals surface area contributed by atoms with E-state index in [9.17, 15) is 4.79 Å². The van der Waals surface area contributed by atoms with Crippen molar-refractivity contribution in [2.24, 2.45) is 0 Å². The Hall–Kier alpha value is -3.53. The summed E-state index contributed by atoms with van der Waals surface area (Å²) in [7, 11) is 3.08. The number of ether oxygens (including phenoxy) is 2. The SMILES string of the molecule is COC(=O)c1cccc(Cc2ccc3ccn(Cc4ccc(OC)cc4)c3c2)c1. The minimum absolute atomic E-state index is 0.310. The molecule has 0 saturated heterocycles. The number of rotatable bonds is 6. The molecule has 0 aliphatic carbocycles. The molecular formula is C25H23NO3. The van der Waals surface area contributed by atoms with E-state index in [0.717, 1.165) is 24.3 Å². The van der Waals surface area contributed by atoms with E-state index in [1.165, 1.54) is 29.1 Å². The normalized spacial score (nSPS) is 10.8. The van der Waals surface area contributed by atoms with E-state index in [1.807, 2.05) is 30.3 Å². The fourth-order valence-corrected chi connectivity index (χ4v) is 3.57. The van der Waals surface area contributed by atoms with Crippen molar-refractivity contribution >= 4 is 16.9 Å². The third-order valence-corrected chi connectivity index (χ3v) is 5.11. The number of aromatic nitrogens is 1. The summed E-state index contributed by atoms with van der Waals surface area (Å²) in [5, 5.41) is 1.21. The minimum Gasteiger partial charge on any atom is -0.497 e. The third-order valence-electron chi connectivity index (χ3n) is 5.11. The lowest BCUT2D eigenvalue weighted by molar-refractivity contribution is 0.0600. The average Bonchev–Trinajstić information content (AvgIpc) is 3.16. The fraction of sp³-hybridized carbons (Fsp3) is 0.160. The minimum atomic E-state index is -0.310. The number of benzene rings is 3. The number of methoxy groups -OCH3 is 2. The molecule has 1 aromatic heterocycles. The van der Waals surface area contributed by atoms with Crippen LogP contribution in [0.2, 0.25) is 0 Å². The second-order valence-electron chi connectivity index (χ2n) is 7.05. The number of esters is 1. The quantitative estimate of drug-likeness (QED) is 0.435. The zero-order valence-electron chi connectivity index (χ0n) is 16.6. The lowest BCUT2D eigenvalue weighted by Gasteiger charge is -2.09. The van der Waals surface area contributed by atoms with Gasteiger partial charge in [-0.3, -0.25) is 0 Å². The number of hydrogen-bond acceptors (Lipinski definition) is 3. The van der Waals surface area contributed by atoms with Crippen molar-refractivity contribution in [1.82, 2.24) is 4.57 Å². The maximum absolute atomic E-state index is 11.8. The summed E-state index contributed by atoms with van der Waals surface area (Å²) in [6, 6.07) is 24.4. The Labute approximate surface area is 170 Å². The Morgan fingerprint density at radius 3 is 2.38 bits per heavy atom. The molecule has 29 heavy (non-hydrogen) atoms. The Balaban J connectivity index is 1.59. The summed E-state index contributed by atoms with van der Waals surface area (Å²) in [5.41, 5.74) is 5.28. The van der Waals surface area contributed by atoms with Crippen molar-refractivity contribution in [3.05, 3.63) is 101 Å². The van der Waals surface area contributed by atoms with Gasteiger partial charge in [0.2, 0.25) is 0 Å². The monoisotopic (exact) mass is 385 g/mol. The van der Waals surface area contributed by atoms with Crippen LogP contribution in [0.3, 0.4) is 0 Å². The van der Waals surface area contributed by atoms with E-state index in [1.54, 1.807) is 13.2 Å². The first-order valence-electron chi connectivity index (χ1n) is 9.54. The molecule has 0 fully saturated rings. The number of carbonyl (C=O) groups excluding carboxylic acids is 1. The number of carbonyl (C=O) groups is 1. The lowest BCUT2D eigenvalue weighted by Crippen LogP contribution is -2.02. The van der Waals surface area contributed by atoms with Crippen LogP contribution in [0.25, 0.3) is 10.9 Å². The smallest absolute Gasteiger partial charge is 0.337 e. The highest BCUT2D eigenvalue weighted by atomic mass is 16.5. The van der Waals surface area contributed by atoms with Gasteiger partial charge in [0.25, 0.3) is 0 Å². The zero-order valence-corrected chi connectivity index (χ0v) is 16.6. The van der Waals surface area contributed by atoms with Gasteiger partial charge in [0.1, 0.15) is 5.75 Å². The van der Waals surface area contributed by atoms with Gasteiger partial charge in [-0.1, -0.05) is 36.4 Å². The summed E-state index contributed by atoms with van der Waals surface area (Å²) >= 11 is 0. The molecule has 1 heterocycles. The van der Waals surface area contributed by atoms with Crippen LogP contribution in [-0.2, 0) is 17.7 Å². The van der Waals surface area contributed by atoms with Gasteiger partial charge < -0.3 is 14.0 Å². The van der Waals surface area contributed by atoms with E-state index in [4.69, 9.17) is 9.47 Å². The number of nitrogens with zero attached hydrogens (tertiary/aromatic N) is 1. The van der Waals surface area contributed by atoms with Crippen molar-refractivity contribution in [3.8, 4) is 5.75 Å². The molecule has 4 aromatic rings. The summed E-state index contributed by atoms with van der Waals surface area (Å²) in [5.74, 6) is 0.554. The molecule has 0 radical (unpaired) electrons. The van der Waals surface area contributed by atoms with Crippen molar-refractivity contribution < 1.29 is 14.3 Å². The van der Waals surface area contributed by atoms with Crippen LogP contribution in [0.15, 0.2) is 79.0 Å². The van der Waals surface area contributed by atoms with Crippen LogP contribution in [-0.4, -0.2) is 24.8 Å². The highest BCUT2D eigenvalue weighted by molar-refractivity contribution is 5.89. The predicted molar refractivity (Wildman–Crippen MR) is 115 cm³/mol. The summed E-state index contributed by atoms with van der Waals surface area (Å²) in [4.78, 5) is 11.8. The molecule has 0 atom stereocenters. The first kappa shape index (κ1) is 18.8. The lowest BCUT2D eigenvalue weighted by atomic mass is 10.0. The van der Waals surface area contributed by atoms with Gasteiger partial charge in [-0.2, -0.15) is 0 Å². The van der Waals surface area contributed by atoms with Crippen molar-refractivity contribution in [2.45, 2.75) is 13.0 Å². The molecule has 3 aromatic carbocycles. The molecule has 0 unspecified atom stereocenters. The van der Waals surface area contributed by atoms with Crippen molar-refractivity contribution in [1.29, 1.82) is 0 Å². The standard InChI is InChI=1S/C25H23NO3/c1-28-23-10-7-18(8-11-23)17-26-13-12-21-9-6-20(16-24(21)26)14-19-4-3-5-22(15-19)25(27)29-2/h3-13,15-16H,14,17H2,1-2H3. The Bertz CT molecular complexity index is 1140. The van der Waals surface area contributed by atoms with E-state index < -0.39 is 0 Å². The van der Waals surface area contributed by atoms with Crippen LogP contribution in [0.4, 0.5) is 0 Å². The maximum atomic E-state index is 11.8. The first-order valence-corrected chi connectivity index (χ1v) is 9.54. The van der Waals surface area contributed by atoms with Crippen LogP contribution in [0.5, 0.6) is 5.75 Å². The summed E-state index contributed by atoms with van der Waals surface area (Å²) in [6.45, 7) is 0.800. The second kappa shape index (κ2) is 8.23. The van der Waals surface area contributed by atoms with Crippen molar-refractivity contribution in [2.75, 3.05) is 14.2 Å². The van der Waals surface area contributed by atoms with Crippen molar-refractivity contribution in [3.63, 3.8) is 0 Å². The second-order valence-corrected chi connectivity index (χ2v) is 7.05. The third kappa shape index (κ3) is 4.16. The van der Waals surface area contributed by atoms with E-state index in [-0.39, 0.29) is 5.97 Å². The van der Waals surface area contributed by atoms with E-state index in [2.05, 4.69) is 47.2 Å². The molecule has 0 aliphatic rings. The average molecular weight is 385 g/mol. The molecule has 4 nitrogen and oxygen atoms in total. The maximum Gasteiger partial charge on any atom is 0.337 e. The topological polar surface area (TPSA) is 40.5 Å². The van der Waals surface area contributed by atoms with E-state index in [0.29, 0.717) is 5.56 Å². The predicted octanol–water partition coefficient (Wildman–Crippen LogP) is 5.08. The van der Waals surface area contributed by atoms with Crippen LogP contribution in [0, 0.1) is 0 Å². The highest BCUT2D eigenvalue weighted by Gasteiger charge is 2.08. The molecule has 0 amide bonds.